The number of hydrogen-bond acceptors (Lipinski definition) is 5. The van der Waals surface area contributed by atoms with Gasteiger partial charge in [0.05, 0.1) is 6.04 Å². The minimum absolute atomic E-state index is 0.0772. The molecule has 0 spiro atoms. The average Bonchev–Trinajstić information content (AvgIpc) is 3.03. The molecule has 2 heterocycles. The van der Waals surface area contributed by atoms with Crippen LogP contribution in [0.3, 0.4) is 0 Å². The molecule has 110 valence electrons. The van der Waals surface area contributed by atoms with E-state index in [1.54, 1.807) is 12.3 Å². The summed E-state index contributed by atoms with van der Waals surface area (Å²) in [5, 5.41) is 13.2. The predicted molar refractivity (Wildman–Crippen MR) is 73.6 cm³/mol. The standard InChI is InChI=1S/C13H16N6O2/c20-11-2-1-7-16-19(11)10-5-3-9(4-6-10)17-13(21)12-14-8-15-18-12/h1-2,7-10H,3-6H2,(H,17,21)(H,14,15,18). The zero-order valence-corrected chi connectivity index (χ0v) is 11.4. The molecule has 2 aromatic rings. The zero-order valence-electron chi connectivity index (χ0n) is 11.4. The molecular weight excluding hydrogens is 272 g/mol. The van der Waals surface area contributed by atoms with Gasteiger partial charge in [0.2, 0.25) is 5.82 Å². The van der Waals surface area contributed by atoms with Crippen LogP contribution in [-0.4, -0.2) is 36.9 Å². The van der Waals surface area contributed by atoms with Gasteiger partial charge in [0.1, 0.15) is 6.33 Å². The highest BCUT2D eigenvalue weighted by Crippen LogP contribution is 2.26. The summed E-state index contributed by atoms with van der Waals surface area (Å²) in [6, 6.07) is 3.36. The summed E-state index contributed by atoms with van der Waals surface area (Å²) in [7, 11) is 0. The van der Waals surface area contributed by atoms with Crippen molar-refractivity contribution in [2.45, 2.75) is 37.8 Å². The number of hydrogen-bond donors (Lipinski definition) is 2. The van der Waals surface area contributed by atoms with E-state index < -0.39 is 0 Å². The van der Waals surface area contributed by atoms with E-state index in [0.29, 0.717) is 0 Å². The molecule has 21 heavy (non-hydrogen) atoms. The minimum Gasteiger partial charge on any atom is -0.347 e. The van der Waals surface area contributed by atoms with Crippen molar-refractivity contribution in [3.05, 3.63) is 40.8 Å². The van der Waals surface area contributed by atoms with Gasteiger partial charge in [0.15, 0.2) is 0 Å². The van der Waals surface area contributed by atoms with Crippen molar-refractivity contribution in [2.75, 3.05) is 0 Å². The summed E-state index contributed by atoms with van der Waals surface area (Å²) in [6.45, 7) is 0. The first-order valence-corrected chi connectivity index (χ1v) is 6.94. The first-order valence-electron chi connectivity index (χ1n) is 6.94. The highest BCUT2D eigenvalue weighted by Gasteiger charge is 2.25. The topological polar surface area (TPSA) is 106 Å². The highest BCUT2D eigenvalue weighted by molar-refractivity contribution is 5.90. The molecule has 8 heteroatoms. The van der Waals surface area contributed by atoms with E-state index in [1.807, 2.05) is 0 Å². The Morgan fingerprint density at radius 2 is 2.14 bits per heavy atom. The van der Waals surface area contributed by atoms with Crippen molar-refractivity contribution in [1.82, 2.24) is 30.3 Å². The van der Waals surface area contributed by atoms with Crippen LogP contribution in [0.4, 0.5) is 0 Å². The Kier molecular flexibility index (Phi) is 3.76. The van der Waals surface area contributed by atoms with E-state index >= 15 is 0 Å². The Morgan fingerprint density at radius 1 is 1.33 bits per heavy atom. The molecule has 0 radical (unpaired) electrons. The molecule has 0 unspecified atom stereocenters. The zero-order chi connectivity index (χ0) is 14.7. The fraction of sp³-hybridized carbons (Fsp3) is 0.462. The van der Waals surface area contributed by atoms with Crippen LogP contribution in [0.25, 0.3) is 0 Å². The summed E-state index contributed by atoms with van der Waals surface area (Å²) in [4.78, 5) is 27.4. The second-order valence-electron chi connectivity index (χ2n) is 5.12. The van der Waals surface area contributed by atoms with Gasteiger partial charge in [-0.05, 0) is 31.7 Å². The lowest BCUT2D eigenvalue weighted by Gasteiger charge is -2.29. The maximum atomic E-state index is 11.9. The van der Waals surface area contributed by atoms with Gasteiger partial charge in [-0.2, -0.15) is 10.2 Å². The Balaban J connectivity index is 1.57. The lowest BCUT2D eigenvalue weighted by Crippen LogP contribution is -2.39. The summed E-state index contributed by atoms with van der Waals surface area (Å²) >= 11 is 0. The second-order valence-corrected chi connectivity index (χ2v) is 5.12. The normalized spacial score (nSPS) is 21.9. The molecule has 0 aliphatic heterocycles. The van der Waals surface area contributed by atoms with E-state index in [4.69, 9.17) is 0 Å². The first kappa shape index (κ1) is 13.5. The molecule has 0 atom stereocenters. The monoisotopic (exact) mass is 288 g/mol. The number of nitrogens with zero attached hydrogens (tertiary/aromatic N) is 4. The maximum Gasteiger partial charge on any atom is 0.288 e. The SMILES string of the molecule is O=C(NC1CCC(n2ncccc2=O)CC1)c1ncn[nH]1. The smallest absolute Gasteiger partial charge is 0.288 e. The van der Waals surface area contributed by atoms with Gasteiger partial charge in [-0.3, -0.25) is 14.7 Å². The quantitative estimate of drug-likeness (QED) is 0.843. The second kappa shape index (κ2) is 5.86. The molecule has 8 nitrogen and oxygen atoms in total. The lowest BCUT2D eigenvalue weighted by atomic mass is 9.91. The van der Waals surface area contributed by atoms with Gasteiger partial charge in [0.25, 0.3) is 11.5 Å². The van der Waals surface area contributed by atoms with E-state index in [9.17, 15) is 9.59 Å². The summed E-state index contributed by atoms with van der Waals surface area (Å²) < 4.78 is 1.54. The van der Waals surface area contributed by atoms with Gasteiger partial charge in [-0.25, -0.2) is 9.67 Å². The predicted octanol–water partition coefficient (Wildman–Crippen LogP) is 0.275. The number of carbonyl (C=O) groups is 1. The van der Waals surface area contributed by atoms with Crippen molar-refractivity contribution < 1.29 is 4.79 Å². The molecule has 2 N–H and O–H groups in total. The third-order valence-corrected chi connectivity index (χ3v) is 3.75. The van der Waals surface area contributed by atoms with Crippen LogP contribution in [0, 0.1) is 0 Å². The third kappa shape index (κ3) is 2.99. The van der Waals surface area contributed by atoms with Crippen LogP contribution in [0.15, 0.2) is 29.5 Å². The van der Waals surface area contributed by atoms with Crippen molar-refractivity contribution >= 4 is 5.91 Å². The van der Waals surface area contributed by atoms with Crippen LogP contribution in [0.5, 0.6) is 0 Å². The van der Waals surface area contributed by atoms with Crippen molar-refractivity contribution in [1.29, 1.82) is 0 Å². The molecule has 3 rings (SSSR count). The van der Waals surface area contributed by atoms with Gasteiger partial charge in [-0.1, -0.05) is 0 Å². The van der Waals surface area contributed by atoms with Gasteiger partial charge < -0.3 is 5.32 Å². The number of nitrogens with one attached hydrogen (secondary N) is 2. The number of carbonyl (C=O) groups excluding carboxylic acids is 1. The number of H-pyrrole nitrogens is 1. The first-order chi connectivity index (χ1) is 10.2. The molecule has 0 aromatic carbocycles. The molecule has 0 saturated heterocycles. The van der Waals surface area contributed by atoms with Gasteiger partial charge in [-0.15, -0.1) is 0 Å². The Labute approximate surface area is 120 Å². The molecule has 1 amide bonds. The molecular formula is C13H16N6O2. The highest BCUT2D eigenvalue weighted by atomic mass is 16.2. The number of aromatic amines is 1. The van der Waals surface area contributed by atoms with E-state index in [0.717, 1.165) is 25.7 Å². The molecule has 1 fully saturated rings. The van der Waals surface area contributed by atoms with Gasteiger partial charge in [0, 0.05) is 18.3 Å². The van der Waals surface area contributed by atoms with Crippen LogP contribution in [0.2, 0.25) is 0 Å². The van der Waals surface area contributed by atoms with Crippen LogP contribution in [0.1, 0.15) is 42.3 Å². The number of amides is 1. The maximum absolute atomic E-state index is 11.9. The van der Waals surface area contributed by atoms with Crippen molar-refractivity contribution in [3.63, 3.8) is 0 Å². The largest absolute Gasteiger partial charge is 0.347 e. The van der Waals surface area contributed by atoms with Crippen molar-refractivity contribution in [2.24, 2.45) is 0 Å². The number of aromatic nitrogens is 5. The van der Waals surface area contributed by atoms with Gasteiger partial charge >= 0.3 is 0 Å². The fourth-order valence-corrected chi connectivity index (χ4v) is 2.68. The summed E-state index contributed by atoms with van der Waals surface area (Å²) in [5.41, 5.74) is -0.0772. The van der Waals surface area contributed by atoms with Crippen LogP contribution < -0.4 is 10.9 Å². The summed E-state index contributed by atoms with van der Waals surface area (Å²) in [5.74, 6) is -0.0241. The van der Waals surface area contributed by atoms with E-state index in [-0.39, 0.29) is 29.4 Å². The molecule has 1 aliphatic carbocycles. The third-order valence-electron chi connectivity index (χ3n) is 3.75. The summed E-state index contributed by atoms with van der Waals surface area (Å²) in [6.07, 6.45) is 6.19. The van der Waals surface area contributed by atoms with Crippen molar-refractivity contribution in [3.8, 4) is 0 Å². The van der Waals surface area contributed by atoms with Crippen LogP contribution >= 0.6 is 0 Å². The average molecular weight is 288 g/mol. The Bertz CT molecular complexity index is 657. The Hall–Kier alpha value is -2.51. The van der Waals surface area contributed by atoms with E-state index in [1.165, 1.54) is 17.1 Å². The molecule has 1 saturated carbocycles. The lowest BCUT2D eigenvalue weighted by molar-refractivity contribution is 0.0911. The van der Waals surface area contributed by atoms with Crippen LogP contribution in [-0.2, 0) is 0 Å². The molecule has 1 aliphatic rings. The molecule has 2 aromatic heterocycles. The number of rotatable bonds is 3. The minimum atomic E-state index is -0.244. The fourth-order valence-electron chi connectivity index (χ4n) is 2.68. The van der Waals surface area contributed by atoms with E-state index in [2.05, 4.69) is 25.6 Å². The Morgan fingerprint density at radius 3 is 2.81 bits per heavy atom. The molecule has 0 bridgehead atoms.